The Balaban J connectivity index is 1.03. The first kappa shape index (κ1) is 46.5. The van der Waals surface area contributed by atoms with E-state index in [4.69, 9.17) is 9.05 Å². The topological polar surface area (TPSA) is 55.8 Å². The van der Waals surface area contributed by atoms with Gasteiger partial charge in [-0.25, -0.2) is 4.57 Å². The van der Waals surface area contributed by atoms with Gasteiger partial charge >= 0.3 is 7.82 Å². The van der Waals surface area contributed by atoms with E-state index in [9.17, 15) is 4.89 Å². The Kier molecular flexibility index (Phi) is 12.9. The zero-order valence-corrected chi connectivity index (χ0v) is 43.6. The van der Waals surface area contributed by atoms with Crippen LogP contribution >= 0.6 is 7.82 Å². The molecule has 6 saturated carbocycles. The molecule has 0 radical (unpaired) electrons. The van der Waals surface area contributed by atoms with Gasteiger partial charge in [0, 0.05) is 27.7 Å². The maximum atomic E-state index is 15.6. The van der Waals surface area contributed by atoms with Gasteiger partial charge in [-0.2, -0.15) is 0 Å². The van der Waals surface area contributed by atoms with Gasteiger partial charge in [0.25, 0.3) is 0 Å². The first-order valence-electron chi connectivity index (χ1n) is 29.8. The van der Waals surface area contributed by atoms with E-state index in [0.717, 1.165) is 36.8 Å². The second kappa shape index (κ2) is 19.5. The summed E-state index contributed by atoms with van der Waals surface area (Å²) in [5.41, 5.74) is 18.8. The molecule has 13 rings (SSSR count). The Morgan fingerprint density at radius 1 is 0.400 bits per heavy atom. The molecule has 1 heterocycles. The van der Waals surface area contributed by atoms with Crippen molar-refractivity contribution in [2.45, 2.75) is 259 Å². The minimum Gasteiger partial charge on any atom is -0.394 e. The molecule has 1 spiro atoms. The van der Waals surface area contributed by atoms with E-state index in [1.165, 1.54) is 248 Å². The summed E-state index contributed by atoms with van der Waals surface area (Å²) in [4.78, 5) is 12.7. The van der Waals surface area contributed by atoms with Crippen molar-refractivity contribution in [1.29, 1.82) is 0 Å². The predicted octanol–water partition coefficient (Wildman–Crippen LogP) is 19.4. The molecule has 5 heteroatoms. The summed E-state index contributed by atoms with van der Waals surface area (Å²) >= 11 is 0. The summed E-state index contributed by atoms with van der Waals surface area (Å²) in [7, 11) is -4.71. The fourth-order valence-electron chi connectivity index (χ4n) is 17.3. The van der Waals surface area contributed by atoms with Crippen LogP contribution in [0.3, 0.4) is 0 Å². The number of hydrogen-bond acceptors (Lipinski definition) is 3. The van der Waals surface area contributed by atoms with E-state index in [1.54, 1.807) is 11.1 Å². The van der Waals surface area contributed by atoms with Crippen molar-refractivity contribution in [2.24, 2.45) is 0 Å². The summed E-state index contributed by atoms with van der Waals surface area (Å²) in [6.07, 6.45) is 42.5. The van der Waals surface area contributed by atoms with Crippen LogP contribution in [0.15, 0.2) is 48.5 Å². The number of aryl methyl sites for hydroxylation is 2. The fourth-order valence-corrected chi connectivity index (χ4v) is 18.2. The molecule has 1 aliphatic heterocycles. The highest BCUT2D eigenvalue weighted by atomic mass is 31.2. The molecule has 4 aromatic carbocycles. The average Bonchev–Trinajstić information content (AvgIpc) is 3.99. The van der Waals surface area contributed by atoms with Crippen LogP contribution in [-0.4, -0.2) is 4.89 Å². The first-order chi connectivity index (χ1) is 34.4. The molecular formula is C65H83O4P. The van der Waals surface area contributed by atoms with E-state index in [2.05, 4.69) is 48.5 Å². The van der Waals surface area contributed by atoms with Crippen molar-refractivity contribution >= 4 is 7.82 Å². The van der Waals surface area contributed by atoms with Gasteiger partial charge in [0.2, 0.25) is 0 Å². The van der Waals surface area contributed by atoms with E-state index in [1.807, 2.05) is 0 Å². The van der Waals surface area contributed by atoms with Crippen LogP contribution in [0, 0.1) is 0 Å². The lowest BCUT2D eigenvalue weighted by Crippen LogP contribution is -2.26. The molecule has 4 aromatic rings. The number of benzene rings is 4. The maximum absolute atomic E-state index is 15.6. The monoisotopic (exact) mass is 959 g/mol. The van der Waals surface area contributed by atoms with Crippen LogP contribution in [0.4, 0.5) is 0 Å². The fraction of sp³-hybridized carbons (Fsp3) is 0.631. The first-order valence-corrected chi connectivity index (χ1v) is 31.3. The average molecular weight is 959 g/mol. The minimum atomic E-state index is -4.71. The molecule has 8 aliphatic carbocycles. The van der Waals surface area contributed by atoms with Gasteiger partial charge in [-0.05, 0) is 194 Å². The van der Waals surface area contributed by atoms with Crippen LogP contribution in [-0.2, 0) is 22.8 Å². The van der Waals surface area contributed by atoms with Crippen molar-refractivity contribution in [3.63, 3.8) is 0 Å². The van der Waals surface area contributed by atoms with Gasteiger partial charge in [-0.3, -0.25) is 4.89 Å². The summed E-state index contributed by atoms with van der Waals surface area (Å²) in [5, 5.41) is 0. The SMILES string of the molecule is O=P1(O)Oc2c(-c3c(C4CCCCC4)cc(C4CCCCC4)cc3C3CCCCC3)ccc3c2C2(CC3)CCc3ccc(-c4c(C5CCCCC5)cc(C5CCCCC5)cc4C4CCCCC4)c(c32)O1. The van der Waals surface area contributed by atoms with Crippen LogP contribution in [0.1, 0.15) is 297 Å². The lowest BCUT2D eigenvalue weighted by molar-refractivity contribution is 0.281. The second-order valence-electron chi connectivity index (χ2n) is 24.8. The smallest absolute Gasteiger partial charge is 0.394 e. The quantitative estimate of drug-likeness (QED) is 0.179. The van der Waals surface area contributed by atoms with Gasteiger partial charge in [0.1, 0.15) is 11.5 Å². The Hall–Kier alpha value is -3.33. The standard InChI is InChI=1S/C65H83O4P/c66-70(67)68-63-53(59-55(45-23-11-3-12-24-45)39-51(43-19-7-1-8-20-43)40-56(59)46-25-13-4-14-26-46)33-31-49-35-37-65(61(49)63)38-36-50-32-34-54(64(69-70)62(50)65)60-57(47-27-15-5-16-28-47)41-52(44-21-9-2-10-22-44)42-58(60)48-29-17-6-18-30-48/h31-34,39-48H,1-30,35-38H2,(H,66,67). The molecule has 70 heavy (non-hydrogen) atoms. The molecule has 0 bridgehead atoms. The highest BCUT2D eigenvalue weighted by Crippen LogP contribution is 2.67. The molecule has 0 aromatic heterocycles. The number of phosphoric acid groups is 1. The number of rotatable bonds is 8. The summed E-state index contributed by atoms with van der Waals surface area (Å²) in [6.45, 7) is 0. The lowest BCUT2D eigenvalue weighted by Gasteiger charge is -2.37. The number of hydrogen-bond donors (Lipinski definition) is 1. The van der Waals surface area contributed by atoms with Gasteiger partial charge in [0.05, 0.1) is 0 Å². The molecule has 0 unspecified atom stereocenters. The molecule has 372 valence electrons. The molecule has 9 aliphatic rings. The third-order valence-corrected chi connectivity index (χ3v) is 21.6. The summed E-state index contributed by atoms with van der Waals surface area (Å²) in [5.74, 6) is 4.60. The Morgan fingerprint density at radius 3 is 0.986 bits per heavy atom. The molecule has 4 nitrogen and oxygen atoms in total. The van der Waals surface area contributed by atoms with Crippen LogP contribution < -0.4 is 9.05 Å². The zero-order chi connectivity index (χ0) is 46.8. The van der Waals surface area contributed by atoms with Crippen LogP contribution in [0.5, 0.6) is 11.5 Å². The third kappa shape index (κ3) is 8.40. The summed E-state index contributed by atoms with van der Waals surface area (Å²) < 4.78 is 29.6. The zero-order valence-electron chi connectivity index (χ0n) is 42.7. The van der Waals surface area contributed by atoms with Crippen LogP contribution in [0.25, 0.3) is 22.3 Å². The largest absolute Gasteiger partial charge is 0.584 e. The molecule has 0 atom stereocenters. The van der Waals surface area contributed by atoms with Crippen molar-refractivity contribution in [2.75, 3.05) is 0 Å². The summed E-state index contributed by atoms with van der Waals surface area (Å²) in [6, 6.07) is 20.3. The van der Waals surface area contributed by atoms with Crippen molar-refractivity contribution in [1.82, 2.24) is 0 Å². The Labute approximate surface area is 421 Å². The Bertz CT molecular complexity index is 2370. The van der Waals surface area contributed by atoms with Crippen molar-refractivity contribution in [3.05, 3.63) is 104 Å². The van der Waals surface area contributed by atoms with Crippen molar-refractivity contribution < 1.29 is 18.5 Å². The molecule has 0 saturated heterocycles. The number of phosphoric ester groups is 1. The normalized spacial score (nSPS) is 24.6. The van der Waals surface area contributed by atoms with Gasteiger partial charge in [0.15, 0.2) is 0 Å². The van der Waals surface area contributed by atoms with E-state index in [-0.39, 0.29) is 5.41 Å². The second-order valence-corrected chi connectivity index (χ2v) is 26.1. The maximum Gasteiger partial charge on any atom is 0.584 e. The molecule has 0 amide bonds. The van der Waals surface area contributed by atoms with E-state index >= 15 is 4.57 Å². The van der Waals surface area contributed by atoms with Crippen molar-refractivity contribution in [3.8, 4) is 33.8 Å². The molecular weight excluding hydrogens is 876 g/mol. The van der Waals surface area contributed by atoms with Gasteiger partial charge in [-0.1, -0.05) is 164 Å². The predicted molar refractivity (Wildman–Crippen MR) is 287 cm³/mol. The third-order valence-electron chi connectivity index (χ3n) is 20.8. The van der Waals surface area contributed by atoms with Gasteiger partial charge < -0.3 is 9.05 Å². The highest BCUT2D eigenvalue weighted by Gasteiger charge is 2.53. The Morgan fingerprint density at radius 2 is 0.686 bits per heavy atom. The molecule has 6 fully saturated rings. The van der Waals surface area contributed by atoms with E-state index < -0.39 is 7.82 Å². The highest BCUT2D eigenvalue weighted by molar-refractivity contribution is 7.48. The van der Waals surface area contributed by atoms with Crippen LogP contribution in [0.2, 0.25) is 0 Å². The van der Waals surface area contributed by atoms with Gasteiger partial charge in [-0.15, -0.1) is 0 Å². The molecule has 1 N–H and O–H groups in total. The van der Waals surface area contributed by atoms with E-state index in [0.29, 0.717) is 47.0 Å². The lowest BCUT2D eigenvalue weighted by atomic mass is 9.70. The minimum absolute atomic E-state index is 0.335.